The lowest BCUT2D eigenvalue weighted by Crippen LogP contribution is -2.24. The van der Waals surface area contributed by atoms with Gasteiger partial charge in [0.25, 0.3) is 0 Å². The van der Waals surface area contributed by atoms with E-state index in [4.69, 9.17) is 16.7 Å². The van der Waals surface area contributed by atoms with Gasteiger partial charge in [0, 0.05) is 17.6 Å². The average molecular weight is 212 g/mol. The Kier molecular flexibility index (Phi) is 3.06. The largest absolute Gasteiger partial charge is 0.395 e. The van der Waals surface area contributed by atoms with Crippen LogP contribution < -0.4 is 5.32 Å². The molecule has 2 N–H and O–H groups in total. The number of aliphatic hydroxyl groups excluding tert-OH is 1. The molecular weight excluding hydrogens is 198 g/mol. The van der Waals surface area contributed by atoms with Crippen LogP contribution >= 0.6 is 11.6 Å². The zero-order valence-corrected chi connectivity index (χ0v) is 8.67. The highest BCUT2D eigenvalue weighted by Crippen LogP contribution is 2.26. The summed E-state index contributed by atoms with van der Waals surface area (Å²) in [4.78, 5) is 0. The number of hydrogen-bond donors (Lipinski definition) is 2. The van der Waals surface area contributed by atoms with Crippen LogP contribution in [0, 0.1) is 0 Å². The summed E-state index contributed by atoms with van der Waals surface area (Å²) >= 11 is 5.82. The van der Waals surface area contributed by atoms with Gasteiger partial charge in [-0.15, -0.1) is 0 Å². The second-order valence-corrected chi connectivity index (χ2v) is 4.21. The number of benzene rings is 1. The third-order valence-electron chi connectivity index (χ3n) is 2.78. The number of aliphatic hydroxyl groups is 1. The number of nitrogens with one attached hydrogen (secondary N) is 1. The smallest absolute Gasteiger partial charge is 0.0584 e. The van der Waals surface area contributed by atoms with Crippen LogP contribution in [-0.2, 0) is 0 Å². The van der Waals surface area contributed by atoms with E-state index in [2.05, 4.69) is 17.4 Å². The van der Waals surface area contributed by atoms with Gasteiger partial charge in [-0.1, -0.05) is 23.7 Å². The van der Waals surface area contributed by atoms with Crippen molar-refractivity contribution in [1.82, 2.24) is 5.32 Å². The van der Waals surface area contributed by atoms with E-state index >= 15 is 0 Å². The molecule has 1 aliphatic rings. The van der Waals surface area contributed by atoms with E-state index in [1.807, 2.05) is 12.1 Å². The highest BCUT2D eigenvalue weighted by Gasteiger charge is 2.24. The quantitative estimate of drug-likeness (QED) is 0.782. The van der Waals surface area contributed by atoms with Gasteiger partial charge >= 0.3 is 0 Å². The summed E-state index contributed by atoms with van der Waals surface area (Å²) in [6.07, 6.45) is 1.01. The molecule has 0 spiro atoms. The standard InChI is InChI=1S/C11H14ClNO/c12-10-3-1-8(2-4-10)9-5-11(7-14)13-6-9/h1-4,9,11,13-14H,5-7H2. The van der Waals surface area contributed by atoms with E-state index < -0.39 is 0 Å². The molecule has 1 aromatic carbocycles. The molecule has 1 aliphatic heterocycles. The highest BCUT2D eigenvalue weighted by molar-refractivity contribution is 6.30. The Morgan fingerprint density at radius 3 is 2.64 bits per heavy atom. The Balaban J connectivity index is 2.06. The lowest BCUT2D eigenvalue weighted by atomic mass is 9.97. The third-order valence-corrected chi connectivity index (χ3v) is 3.04. The van der Waals surface area contributed by atoms with E-state index in [9.17, 15) is 0 Å². The van der Waals surface area contributed by atoms with E-state index in [1.54, 1.807) is 0 Å². The first kappa shape index (κ1) is 9.97. The molecule has 2 rings (SSSR count). The minimum Gasteiger partial charge on any atom is -0.395 e. The highest BCUT2D eigenvalue weighted by atomic mass is 35.5. The molecule has 76 valence electrons. The monoisotopic (exact) mass is 211 g/mol. The van der Waals surface area contributed by atoms with Crippen molar-refractivity contribution in [2.45, 2.75) is 18.4 Å². The summed E-state index contributed by atoms with van der Waals surface area (Å²) < 4.78 is 0. The van der Waals surface area contributed by atoms with Crippen LogP contribution in [0.3, 0.4) is 0 Å². The van der Waals surface area contributed by atoms with Crippen molar-refractivity contribution in [3.63, 3.8) is 0 Å². The summed E-state index contributed by atoms with van der Waals surface area (Å²) in [5.41, 5.74) is 1.30. The van der Waals surface area contributed by atoms with Crippen molar-refractivity contribution in [2.75, 3.05) is 13.2 Å². The Morgan fingerprint density at radius 2 is 2.07 bits per heavy atom. The Labute approximate surface area is 88.9 Å². The maximum atomic E-state index is 8.99. The van der Waals surface area contributed by atoms with Gasteiger partial charge in [0.05, 0.1) is 6.61 Å². The number of hydrogen-bond acceptors (Lipinski definition) is 2. The van der Waals surface area contributed by atoms with Gasteiger partial charge in [0.2, 0.25) is 0 Å². The van der Waals surface area contributed by atoms with Crippen LogP contribution in [-0.4, -0.2) is 24.3 Å². The van der Waals surface area contributed by atoms with Crippen molar-refractivity contribution in [1.29, 1.82) is 0 Å². The summed E-state index contributed by atoms with van der Waals surface area (Å²) in [7, 11) is 0. The van der Waals surface area contributed by atoms with E-state index in [-0.39, 0.29) is 12.6 Å². The molecule has 1 aromatic rings. The maximum absolute atomic E-state index is 8.99. The van der Waals surface area contributed by atoms with Crippen LogP contribution in [0.5, 0.6) is 0 Å². The molecule has 0 amide bonds. The van der Waals surface area contributed by atoms with Crippen LogP contribution in [0.2, 0.25) is 5.02 Å². The molecule has 3 heteroatoms. The first-order valence-electron chi connectivity index (χ1n) is 4.89. The lowest BCUT2D eigenvalue weighted by Gasteiger charge is -2.08. The predicted molar refractivity (Wildman–Crippen MR) is 57.7 cm³/mol. The minimum absolute atomic E-state index is 0.226. The number of rotatable bonds is 2. The molecule has 0 aromatic heterocycles. The van der Waals surface area contributed by atoms with Crippen molar-refractivity contribution >= 4 is 11.6 Å². The fourth-order valence-corrected chi connectivity index (χ4v) is 2.07. The maximum Gasteiger partial charge on any atom is 0.0584 e. The van der Waals surface area contributed by atoms with Crippen molar-refractivity contribution in [3.8, 4) is 0 Å². The molecule has 2 unspecified atom stereocenters. The summed E-state index contributed by atoms with van der Waals surface area (Å²) in [5.74, 6) is 0.518. The van der Waals surface area contributed by atoms with Gasteiger partial charge in [0.1, 0.15) is 0 Å². The molecule has 0 saturated carbocycles. The van der Waals surface area contributed by atoms with Gasteiger partial charge in [-0.05, 0) is 30.0 Å². The molecule has 14 heavy (non-hydrogen) atoms. The van der Waals surface area contributed by atoms with E-state index in [0.29, 0.717) is 5.92 Å². The van der Waals surface area contributed by atoms with Gasteiger partial charge in [0.15, 0.2) is 0 Å². The third kappa shape index (κ3) is 2.08. The summed E-state index contributed by atoms with van der Waals surface area (Å²) in [6.45, 7) is 1.18. The predicted octanol–water partition coefficient (Wildman–Crippen LogP) is 1.78. The molecule has 1 fully saturated rings. The molecule has 2 atom stereocenters. The Hall–Kier alpha value is -0.570. The molecule has 1 heterocycles. The summed E-state index contributed by atoms with van der Waals surface area (Å²) in [6, 6.07) is 8.23. The van der Waals surface area contributed by atoms with Crippen LogP contribution in [0.1, 0.15) is 17.9 Å². The van der Waals surface area contributed by atoms with Gasteiger partial charge < -0.3 is 10.4 Å². The van der Waals surface area contributed by atoms with Crippen molar-refractivity contribution in [3.05, 3.63) is 34.9 Å². The normalized spacial score (nSPS) is 26.7. The second-order valence-electron chi connectivity index (χ2n) is 3.77. The average Bonchev–Trinajstić information content (AvgIpc) is 2.67. The first-order chi connectivity index (χ1) is 6.79. The second kappa shape index (κ2) is 4.30. The van der Waals surface area contributed by atoms with E-state index in [0.717, 1.165) is 18.0 Å². The van der Waals surface area contributed by atoms with Crippen LogP contribution in [0.25, 0.3) is 0 Å². The molecule has 2 nitrogen and oxygen atoms in total. The molecule has 1 saturated heterocycles. The number of halogens is 1. The SMILES string of the molecule is OCC1CC(c2ccc(Cl)cc2)CN1. The van der Waals surface area contributed by atoms with Crippen molar-refractivity contribution < 1.29 is 5.11 Å². The first-order valence-corrected chi connectivity index (χ1v) is 5.27. The Morgan fingerprint density at radius 1 is 1.36 bits per heavy atom. The van der Waals surface area contributed by atoms with E-state index in [1.165, 1.54) is 5.56 Å². The van der Waals surface area contributed by atoms with Gasteiger partial charge in [-0.25, -0.2) is 0 Å². The fourth-order valence-electron chi connectivity index (χ4n) is 1.95. The zero-order valence-electron chi connectivity index (χ0n) is 7.91. The molecule has 0 bridgehead atoms. The topological polar surface area (TPSA) is 32.3 Å². The van der Waals surface area contributed by atoms with Crippen LogP contribution in [0.4, 0.5) is 0 Å². The molecular formula is C11H14ClNO. The van der Waals surface area contributed by atoms with Crippen LogP contribution in [0.15, 0.2) is 24.3 Å². The van der Waals surface area contributed by atoms with Crippen molar-refractivity contribution in [2.24, 2.45) is 0 Å². The van der Waals surface area contributed by atoms with Gasteiger partial charge in [-0.3, -0.25) is 0 Å². The molecule has 0 radical (unpaired) electrons. The Bertz CT molecular complexity index is 299. The minimum atomic E-state index is 0.226. The molecule has 0 aliphatic carbocycles. The fraction of sp³-hybridized carbons (Fsp3) is 0.455. The lowest BCUT2D eigenvalue weighted by molar-refractivity contribution is 0.254. The summed E-state index contributed by atoms with van der Waals surface area (Å²) in [5, 5.41) is 13.1. The van der Waals surface area contributed by atoms with Gasteiger partial charge in [-0.2, -0.15) is 0 Å². The zero-order chi connectivity index (χ0) is 9.97.